The topological polar surface area (TPSA) is 29.5 Å². The molecule has 1 aromatic rings. The van der Waals surface area contributed by atoms with E-state index in [9.17, 15) is 4.79 Å². The van der Waals surface area contributed by atoms with Crippen molar-refractivity contribution in [1.82, 2.24) is 4.90 Å². The zero-order valence-electron chi connectivity index (χ0n) is 9.86. The van der Waals surface area contributed by atoms with E-state index < -0.39 is 0 Å². The van der Waals surface area contributed by atoms with Crippen LogP contribution in [0.15, 0.2) is 24.3 Å². The summed E-state index contributed by atoms with van der Waals surface area (Å²) in [5.74, 6) is 0.0426. The minimum Gasteiger partial charge on any atom is -0.378 e. The van der Waals surface area contributed by atoms with Crippen molar-refractivity contribution in [3.63, 3.8) is 0 Å². The van der Waals surface area contributed by atoms with E-state index in [0.717, 1.165) is 5.56 Å². The third kappa shape index (κ3) is 2.99. The van der Waals surface area contributed by atoms with Gasteiger partial charge in [-0.25, -0.2) is 0 Å². The first-order valence-electron chi connectivity index (χ1n) is 5.80. The molecule has 92 valence electrons. The lowest BCUT2D eigenvalue weighted by Gasteiger charge is -2.29. The Hall–Kier alpha value is -1.06. The third-order valence-corrected chi connectivity index (χ3v) is 3.32. The largest absolute Gasteiger partial charge is 0.378 e. The minimum atomic E-state index is -0.120. The molecule has 2 rings (SSSR count). The van der Waals surface area contributed by atoms with Crippen molar-refractivity contribution in [1.29, 1.82) is 0 Å². The normalized spacial score (nSPS) is 17.9. The first-order chi connectivity index (χ1) is 8.18. The molecule has 1 heterocycles. The van der Waals surface area contributed by atoms with Gasteiger partial charge < -0.3 is 9.64 Å². The Morgan fingerprint density at radius 3 is 2.47 bits per heavy atom. The Kier molecular flexibility index (Phi) is 4.02. The van der Waals surface area contributed by atoms with Gasteiger partial charge in [0.15, 0.2) is 0 Å². The molecular formula is C13H16ClNO2. The van der Waals surface area contributed by atoms with E-state index in [1.807, 2.05) is 36.1 Å². The smallest absolute Gasteiger partial charge is 0.229 e. The molecule has 0 aromatic heterocycles. The molecule has 1 aromatic carbocycles. The number of carbonyl (C=O) groups is 1. The molecule has 0 saturated carbocycles. The predicted octanol–water partition coefficient (Wildman–Crippen LogP) is 2.30. The zero-order chi connectivity index (χ0) is 12.3. The van der Waals surface area contributed by atoms with Crippen LogP contribution >= 0.6 is 11.6 Å². The van der Waals surface area contributed by atoms with Gasteiger partial charge in [-0.15, -0.1) is 0 Å². The molecule has 1 aliphatic heterocycles. The van der Waals surface area contributed by atoms with E-state index in [0.29, 0.717) is 31.3 Å². The first-order valence-corrected chi connectivity index (χ1v) is 6.18. The van der Waals surface area contributed by atoms with E-state index >= 15 is 0 Å². The van der Waals surface area contributed by atoms with Gasteiger partial charge in [0, 0.05) is 18.1 Å². The summed E-state index contributed by atoms with van der Waals surface area (Å²) in [6, 6.07) is 7.46. The molecule has 0 bridgehead atoms. The van der Waals surface area contributed by atoms with E-state index in [2.05, 4.69) is 0 Å². The molecule has 1 amide bonds. The van der Waals surface area contributed by atoms with Crippen molar-refractivity contribution in [2.24, 2.45) is 0 Å². The summed E-state index contributed by atoms with van der Waals surface area (Å²) >= 11 is 5.83. The number of ether oxygens (including phenoxy) is 1. The van der Waals surface area contributed by atoms with Crippen molar-refractivity contribution in [2.45, 2.75) is 12.8 Å². The Bertz CT molecular complexity index is 385. The molecule has 0 radical (unpaired) electrons. The van der Waals surface area contributed by atoms with Gasteiger partial charge in [0.25, 0.3) is 0 Å². The summed E-state index contributed by atoms with van der Waals surface area (Å²) < 4.78 is 5.24. The average molecular weight is 254 g/mol. The molecule has 1 unspecified atom stereocenters. The van der Waals surface area contributed by atoms with E-state index in [-0.39, 0.29) is 11.8 Å². The Morgan fingerprint density at radius 2 is 1.88 bits per heavy atom. The summed E-state index contributed by atoms with van der Waals surface area (Å²) in [7, 11) is 0. The molecule has 1 aliphatic rings. The number of rotatable bonds is 2. The lowest BCUT2D eigenvalue weighted by atomic mass is 9.99. The van der Waals surface area contributed by atoms with Crippen LogP contribution in [0.25, 0.3) is 0 Å². The Labute approximate surface area is 106 Å². The maximum atomic E-state index is 12.2. The molecule has 1 atom stereocenters. The maximum absolute atomic E-state index is 12.2. The van der Waals surface area contributed by atoms with E-state index in [4.69, 9.17) is 16.3 Å². The molecule has 0 spiro atoms. The lowest BCUT2D eigenvalue weighted by molar-refractivity contribution is -0.136. The van der Waals surface area contributed by atoms with Crippen LogP contribution in [-0.4, -0.2) is 37.1 Å². The molecular weight excluding hydrogens is 238 g/mol. The van der Waals surface area contributed by atoms with Crippen LogP contribution in [0.1, 0.15) is 18.4 Å². The first kappa shape index (κ1) is 12.4. The number of morpholine rings is 1. The standard InChI is InChI=1S/C13H16ClNO2/c1-10(11-2-4-12(14)5-3-11)13(16)15-6-8-17-9-7-15/h2-5,10H,6-9H2,1H3. The predicted molar refractivity (Wildman–Crippen MR) is 67.3 cm³/mol. The number of hydrogen-bond donors (Lipinski definition) is 0. The number of amides is 1. The number of halogens is 1. The second kappa shape index (κ2) is 5.52. The average Bonchev–Trinajstić information content (AvgIpc) is 2.39. The fraction of sp³-hybridized carbons (Fsp3) is 0.462. The van der Waals surface area contributed by atoms with Crippen LogP contribution in [0.5, 0.6) is 0 Å². The Balaban J connectivity index is 2.05. The van der Waals surface area contributed by atoms with Gasteiger partial charge in [-0.05, 0) is 24.6 Å². The third-order valence-electron chi connectivity index (χ3n) is 3.06. The van der Waals surface area contributed by atoms with Crippen LogP contribution in [0, 0.1) is 0 Å². The monoisotopic (exact) mass is 253 g/mol. The molecule has 0 aliphatic carbocycles. The molecule has 0 N–H and O–H groups in total. The van der Waals surface area contributed by atoms with Gasteiger partial charge in [0.2, 0.25) is 5.91 Å². The summed E-state index contributed by atoms with van der Waals surface area (Å²) in [5.41, 5.74) is 1.01. The number of hydrogen-bond acceptors (Lipinski definition) is 2. The molecule has 1 saturated heterocycles. The van der Waals surface area contributed by atoms with Crippen molar-refractivity contribution < 1.29 is 9.53 Å². The second-order valence-electron chi connectivity index (χ2n) is 4.21. The van der Waals surface area contributed by atoms with Gasteiger partial charge in [-0.1, -0.05) is 23.7 Å². The minimum absolute atomic E-state index is 0.120. The molecule has 1 fully saturated rings. The number of carbonyl (C=O) groups excluding carboxylic acids is 1. The van der Waals surface area contributed by atoms with E-state index in [1.54, 1.807) is 0 Å². The van der Waals surface area contributed by atoms with Crippen molar-refractivity contribution in [3.8, 4) is 0 Å². The van der Waals surface area contributed by atoms with Crippen LogP contribution in [0.4, 0.5) is 0 Å². The summed E-state index contributed by atoms with van der Waals surface area (Å²) in [5, 5.41) is 0.694. The highest BCUT2D eigenvalue weighted by molar-refractivity contribution is 6.30. The lowest BCUT2D eigenvalue weighted by Crippen LogP contribution is -2.42. The van der Waals surface area contributed by atoms with Gasteiger partial charge in [0.1, 0.15) is 0 Å². The number of benzene rings is 1. The van der Waals surface area contributed by atoms with Gasteiger partial charge in [-0.2, -0.15) is 0 Å². The molecule has 4 heteroatoms. The highest BCUT2D eigenvalue weighted by Crippen LogP contribution is 2.20. The summed E-state index contributed by atoms with van der Waals surface area (Å²) in [4.78, 5) is 14.1. The van der Waals surface area contributed by atoms with Crippen molar-refractivity contribution in [2.75, 3.05) is 26.3 Å². The van der Waals surface area contributed by atoms with Gasteiger partial charge >= 0.3 is 0 Å². The fourth-order valence-corrected chi connectivity index (χ4v) is 2.08. The fourth-order valence-electron chi connectivity index (χ4n) is 1.95. The van der Waals surface area contributed by atoms with Crippen LogP contribution in [-0.2, 0) is 9.53 Å². The molecule has 3 nitrogen and oxygen atoms in total. The summed E-state index contributed by atoms with van der Waals surface area (Å²) in [6.45, 7) is 4.59. The Morgan fingerprint density at radius 1 is 1.29 bits per heavy atom. The maximum Gasteiger partial charge on any atom is 0.229 e. The highest BCUT2D eigenvalue weighted by atomic mass is 35.5. The zero-order valence-corrected chi connectivity index (χ0v) is 10.6. The molecule has 17 heavy (non-hydrogen) atoms. The van der Waals surface area contributed by atoms with Crippen LogP contribution < -0.4 is 0 Å². The SMILES string of the molecule is CC(C(=O)N1CCOCC1)c1ccc(Cl)cc1. The highest BCUT2D eigenvalue weighted by Gasteiger charge is 2.23. The quantitative estimate of drug-likeness (QED) is 0.810. The van der Waals surface area contributed by atoms with Crippen LogP contribution in [0.2, 0.25) is 5.02 Å². The summed E-state index contributed by atoms with van der Waals surface area (Å²) in [6.07, 6.45) is 0. The van der Waals surface area contributed by atoms with Crippen molar-refractivity contribution in [3.05, 3.63) is 34.9 Å². The van der Waals surface area contributed by atoms with Gasteiger partial charge in [-0.3, -0.25) is 4.79 Å². The van der Waals surface area contributed by atoms with Crippen LogP contribution in [0.3, 0.4) is 0 Å². The van der Waals surface area contributed by atoms with Gasteiger partial charge in [0.05, 0.1) is 19.1 Å². The second-order valence-corrected chi connectivity index (χ2v) is 4.65. The van der Waals surface area contributed by atoms with E-state index in [1.165, 1.54) is 0 Å². The van der Waals surface area contributed by atoms with Crippen molar-refractivity contribution >= 4 is 17.5 Å². The number of nitrogens with zero attached hydrogens (tertiary/aromatic N) is 1.